The maximum atomic E-state index is 3.65. The van der Waals surface area contributed by atoms with Crippen molar-refractivity contribution >= 4 is 0 Å². The molecule has 1 aliphatic carbocycles. The fourth-order valence-electron chi connectivity index (χ4n) is 2.48. The van der Waals surface area contributed by atoms with Gasteiger partial charge in [0.2, 0.25) is 0 Å². The minimum Gasteiger partial charge on any atom is -0.314 e. The van der Waals surface area contributed by atoms with Crippen molar-refractivity contribution in [3.05, 3.63) is 0 Å². The van der Waals surface area contributed by atoms with Gasteiger partial charge >= 0.3 is 0 Å². The molecule has 2 heteroatoms. The molecular weight excluding hydrogens is 184 g/mol. The predicted molar refractivity (Wildman–Crippen MR) is 67.3 cm³/mol. The summed E-state index contributed by atoms with van der Waals surface area (Å²) in [4.78, 5) is 2.57. The zero-order valence-corrected chi connectivity index (χ0v) is 10.8. The maximum absolute atomic E-state index is 3.65. The maximum Gasteiger partial charge on any atom is 0.0108 e. The van der Waals surface area contributed by atoms with Crippen LogP contribution in [-0.4, -0.2) is 37.1 Å². The molecule has 0 bridgehead atoms. The molecule has 0 saturated heterocycles. The Balaban J connectivity index is 2.17. The van der Waals surface area contributed by atoms with Crippen LogP contribution < -0.4 is 5.32 Å². The normalized spacial score (nSPS) is 26.4. The highest BCUT2D eigenvalue weighted by Gasteiger charge is 2.26. The van der Waals surface area contributed by atoms with Gasteiger partial charge < -0.3 is 10.2 Å². The summed E-state index contributed by atoms with van der Waals surface area (Å²) < 4.78 is 0. The molecule has 2 unspecified atom stereocenters. The Bertz CT molecular complexity index is 159. The van der Waals surface area contributed by atoms with Gasteiger partial charge in [-0.25, -0.2) is 0 Å². The molecule has 0 heterocycles. The Morgan fingerprint density at radius 3 is 2.67 bits per heavy atom. The number of unbranched alkanes of at least 4 members (excludes halogenated alkanes) is 1. The fraction of sp³-hybridized carbons (Fsp3) is 1.00. The average Bonchev–Trinajstić information content (AvgIpc) is 2.71. The predicted octanol–water partition coefficient (Wildman–Crippen LogP) is 2.64. The first-order valence-electron chi connectivity index (χ1n) is 6.71. The number of hydrogen-bond donors (Lipinski definition) is 1. The van der Waals surface area contributed by atoms with Crippen molar-refractivity contribution in [2.75, 3.05) is 20.1 Å². The molecule has 2 atom stereocenters. The molecule has 2 nitrogen and oxygen atoms in total. The first-order valence-corrected chi connectivity index (χ1v) is 6.71. The lowest BCUT2D eigenvalue weighted by molar-refractivity contribution is 0.238. The summed E-state index contributed by atoms with van der Waals surface area (Å²) >= 11 is 0. The molecule has 1 aliphatic rings. The summed E-state index contributed by atoms with van der Waals surface area (Å²) in [5.41, 5.74) is 0. The van der Waals surface area contributed by atoms with Gasteiger partial charge in [0.1, 0.15) is 0 Å². The third-order valence-corrected chi connectivity index (χ3v) is 3.58. The van der Waals surface area contributed by atoms with E-state index >= 15 is 0 Å². The van der Waals surface area contributed by atoms with Gasteiger partial charge in [0.25, 0.3) is 0 Å². The molecular formula is C13H28N2. The van der Waals surface area contributed by atoms with Crippen LogP contribution in [0.4, 0.5) is 0 Å². The van der Waals surface area contributed by atoms with Crippen LogP contribution in [-0.2, 0) is 0 Å². The summed E-state index contributed by atoms with van der Waals surface area (Å²) in [5, 5.41) is 3.65. The molecule has 1 fully saturated rings. The van der Waals surface area contributed by atoms with E-state index in [-0.39, 0.29) is 0 Å². The molecule has 0 aromatic carbocycles. The van der Waals surface area contributed by atoms with Crippen LogP contribution in [0.15, 0.2) is 0 Å². The molecule has 0 aromatic rings. The molecule has 1 N–H and O–H groups in total. The van der Waals surface area contributed by atoms with Crippen LogP contribution in [0.1, 0.15) is 52.4 Å². The molecule has 15 heavy (non-hydrogen) atoms. The van der Waals surface area contributed by atoms with E-state index in [0.717, 1.165) is 12.1 Å². The Morgan fingerprint density at radius 1 is 1.20 bits per heavy atom. The molecule has 1 saturated carbocycles. The lowest BCUT2D eigenvalue weighted by Gasteiger charge is -2.24. The summed E-state index contributed by atoms with van der Waals surface area (Å²) in [7, 11) is 2.29. The summed E-state index contributed by atoms with van der Waals surface area (Å²) in [5.74, 6) is 0. The highest BCUT2D eigenvalue weighted by molar-refractivity contribution is 4.85. The van der Waals surface area contributed by atoms with E-state index in [1.807, 2.05) is 0 Å². The second-order valence-electron chi connectivity index (χ2n) is 4.95. The van der Waals surface area contributed by atoms with Gasteiger partial charge in [-0.2, -0.15) is 0 Å². The van der Waals surface area contributed by atoms with Gasteiger partial charge in [-0.1, -0.05) is 20.3 Å². The number of nitrogens with one attached hydrogen (secondary N) is 1. The molecule has 90 valence electrons. The molecule has 0 aromatic heterocycles. The Labute approximate surface area is 95.4 Å². The average molecular weight is 212 g/mol. The van der Waals surface area contributed by atoms with Crippen LogP contribution >= 0.6 is 0 Å². The number of rotatable bonds is 7. The van der Waals surface area contributed by atoms with Crippen molar-refractivity contribution in [2.45, 2.75) is 64.5 Å². The topological polar surface area (TPSA) is 15.3 Å². The minimum absolute atomic E-state index is 0.791. The van der Waals surface area contributed by atoms with Crippen molar-refractivity contribution in [1.29, 1.82) is 0 Å². The Kier molecular flexibility index (Phi) is 6.26. The largest absolute Gasteiger partial charge is 0.314 e. The van der Waals surface area contributed by atoms with Crippen LogP contribution in [0, 0.1) is 0 Å². The van der Waals surface area contributed by atoms with Gasteiger partial charge in [0, 0.05) is 12.1 Å². The SMILES string of the molecule is CCCCN(C)C1CCC(NCCC)C1. The summed E-state index contributed by atoms with van der Waals surface area (Å²) in [6, 6.07) is 1.63. The van der Waals surface area contributed by atoms with E-state index in [2.05, 4.69) is 31.1 Å². The van der Waals surface area contributed by atoms with E-state index < -0.39 is 0 Å². The van der Waals surface area contributed by atoms with E-state index in [1.54, 1.807) is 0 Å². The first-order chi connectivity index (χ1) is 7.27. The van der Waals surface area contributed by atoms with E-state index in [0.29, 0.717) is 0 Å². The summed E-state index contributed by atoms with van der Waals surface area (Å²) in [6.45, 7) is 6.98. The Morgan fingerprint density at radius 2 is 2.00 bits per heavy atom. The monoisotopic (exact) mass is 212 g/mol. The van der Waals surface area contributed by atoms with Crippen LogP contribution in [0.5, 0.6) is 0 Å². The standard InChI is InChI=1S/C13H28N2/c1-4-6-10-15(3)13-8-7-12(11-13)14-9-5-2/h12-14H,4-11H2,1-3H3. The number of nitrogens with zero attached hydrogens (tertiary/aromatic N) is 1. The highest BCUT2D eigenvalue weighted by Crippen LogP contribution is 2.23. The van der Waals surface area contributed by atoms with Gasteiger partial charge in [-0.15, -0.1) is 0 Å². The lowest BCUT2D eigenvalue weighted by Crippen LogP contribution is -2.33. The quantitative estimate of drug-likeness (QED) is 0.698. The third kappa shape index (κ3) is 4.52. The molecule has 0 radical (unpaired) electrons. The molecule has 1 rings (SSSR count). The smallest absolute Gasteiger partial charge is 0.0108 e. The van der Waals surface area contributed by atoms with E-state index in [9.17, 15) is 0 Å². The van der Waals surface area contributed by atoms with Crippen molar-refractivity contribution in [2.24, 2.45) is 0 Å². The van der Waals surface area contributed by atoms with E-state index in [1.165, 1.54) is 51.6 Å². The van der Waals surface area contributed by atoms with Crippen LogP contribution in [0.25, 0.3) is 0 Å². The molecule has 0 spiro atoms. The first kappa shape index (κ1) is 13.0. The second-order valence-corrected chi connectivity index (χ2v) is 4.95. The molecule has 0 aliphatic heterocycles. The third-order valence-electron chi connectivity index (χ3n) is 3.58. The van der Waals surface area contributed by atoms with Gasteiger partial charge in [0.05, 0.1) is 0 Å². The van der Waals surface area contributed by atoms with Crippen molar-refractivity contribution < 1.29 is 0 Å². The van der Waals surface area contributed by atoms with Crippen LogP contribution in [0.3, 0.4) is 0 Å². The fourth-order valence-corrected chi connectivity index (χ4v) is 2.48. The van der Waals surface area contributed by atoms with Crippen molar-refractivity contribution in [1.82, 2.24) is 10.2 Å². The lowest BCUT2D eigenvalue weighted by atomic mass is 10.2. The van der Waals surface area contributed by atoms with Crippen LogP contribution in [0.2, 0.25) is 0 Å². The van der Waals surface area contributed by atoms with E-state index in [4.69, 9.17) is 0 Å². The second kappa shape index (κ2) is 7.24. The zero-order chi connectivity index (χ0) is 11.1. The molecule has 0 amide bonds. The summed E-state index contributed by atoms with van der Waals surface area (Å²) in [6.07, 6.45) is 8.05. The minimum atomic E-state index is 0.791. The zero-order valence-electron chi connectivity index (χ0n) is 10.8. The van der Waals surface area contributed by atoms with Crippen molar-refractivity contribution in [3.63, 3.8) is 0 Å². The van der Waals surface area contributed by atoms with Gasteiger partial charge in [-0.3, -0.25) is 0 Å². The van der Waals surface area contributed by atoms with Gasteiger partial charge in [-0.05, 0) is 52.2 Å². The van der Waals surface area contributed by atoms with Gasteiger partial charge in [0.15, 0.2) is 0 Å². The number of hydrogen-bond acceptors (Lipinski definition) is 2. The van der Waals surface area contributed by atoms with Crippen molar-refractivity contribution in [3.8, 4) is 0 Å². The Hall–Kier alpha value is -0.0800. The highest BCUT2D eigenvalue weighted by atomic mass is 15.1.